The summed E-state index contributed by atoms with van der Waals surface area (Å²) in [5, 5.41) is 1.05. The van der Waals surface area contributed by atoms with Gasteiger partial charge in [0.25, 0.3) is 0 Å². The van der Waals surface area contributed by atoms with Crippen LogP contribution >= 0.6 is 35.0 Å². The molecule has 0 saturated carbocycles. The van der Waals surface area contributed by atoms with Crippen LogP contribution in [0.15, 0.2) is 28.2 Å². The number of thioether (sulfide) groups is 1. The highest BCUT2D eigenvalue weighted by Crippen LogP contribution is 2.32. The van der Waals surface area contributed by atoms with E-state index in [1.807, 2.05) is 0 Å². The number of halogens is 2. The summed E-state index contributed by atoms with van der Waals surface area (Å²) in [4.78, 5) is 20.3. The van der Waals surface area contributed by atoms with Gasteiger partial charge in [-0.3, -0.25) is 4.79 Å². The van der Waals surface area contributed by atoms with Crippen molar-refractivity contribution >= 4 is 57.5 Å². The summed E-state index contributed by atoms with van der Waals surface area (Å²) in [7, 11) is 0. The maximum atomic E-state index is 11.7. The number of hydrogen-bond donors (Lipinski definition) is 0. The third kappa shape index (κ3) is 3.53. The molecule has 7 heteroatoms. The second-order valence-corrected chi connectivity index (χ2v) is 5.91. The van der Waals surface area contributed by atoms with Gasteiger partial charge in [-0.05, 0) is 32.0 Å². The molecule has 0 unspecified atom stereocenters. The fourth-order valence-electron chi connectivity index (χ4n) is 1.59. The van der Waals surface area contributed by atoms with E-state index >= 15 is 0 Å². The van der Waals surface area contributed by atoms with Gasteiger partial charge in [0, 0.05) is 10.7 Å². The van der Waals surface area contributed by atoms with Crippen LogP contribution in [0.4, 0.5) is 5.69 Å². The molecule has 0 N–H and O–H groups in total. The predicted octanol–water partition coefficient (Wildman–Crippen LogP) is 4.12. The third-order valence-electron chi connectivity index (χ3n) is 2.50. The van der Waals surface area contributed by atoms with Crippen molar-refractivity contribution < 1.29 is 9.53 Å². The number of benzene rings is 1. The van der Waals surface area contributed by atoms with Gasteiger partial charge in [-0.1, -0.05) is 35.0 Å². The van der Waals surface area contributed by atoms with Crippen molar-refractivity contribution in [2.24, 2.45) is 9.98 Å². The van der Waals surface area contributed by atoms with Crippen molar-refractivity contribution in [2.45, 2.75) is 19.1 Å². The Hall–Kier alpha value is -1.04. The van der Waals surface area contributed by atoms with Crippen molar-refractivity contribution in [3.63, 3.8) is 0 Å². The SMILES string of the molecule is CCOC(=O)[C@@H]1SC(=Nc2ccc(Cl)cc2Cl)N=C1C. The quantitative estimate of drug-likeness (QED) is 0.783. The summed E-state index contributed by atoms with van der Waals surface area (Å²) in [5.41, 5.74) is 1.25. The van der Waals surface area contributed by atoms with E-state index in [0.717, 1.165) is 0 Å². The number of ether oxygens (including phenoxy) is 1. The number of nitrogens with zero attached hydrogens (tertiary/aromatic N) is 2. The molecule has 0 bridgehead atoms. The molecule has 1 aliphatic heterocycles. The fraction of sp³-hybridized carbons (Fsp3) is 0.308. The van der Waals surface area contributed by atoms with Gasteiger partial charge in [0.2, 0.25) is 0 Å². The minimum absolute atomic E-state index is 0.300. The van der Waals surface area contributed by atoms with Crippen LogP contribution in [-0.4, -0.2) is 28.7 Å². The number of aliphatic imine (C=N–C) groups is 2. The van der Waals surface area contributed by atoms with Crippen LogP contribution < -0.4 is 0 Å². The highest BCUT2D eigenvalue weighted by molar-refractivity contribution is 8.16. The maximum Gasteiger partial charge on any atom is 0.325 e. The van der Waals surface area contributed by atoms with Crippen LogP contribution in [0.1, 0.15) is 13.8 Å². The average molecular weight is 331 g/mol. The lowest BCUT2D eigenvalue weighted by Crippen LogP contribution is -2.24. The van der Waals surface area contributed by atoms with Crippen LogP contribution in [0.25, 0.3) is 0 Å². The summed E-state index contributed by atoms with van der Waals surface area (Å²) in [6.45, 7) is 3.89. The second-order valence-electron chi connectivity index (χ2n) is 3.99. The Labute approximate surface area is 131 Å². The molecule has 106 valence electrons. The van der Waals surface area contributed by atoms with E-state index in [2.05, 4.69) is 9.98 Å². The van der Waals surface area contributed by atoms with E-state index in [9.17, 15) is 4.79 Å². The molecular formula is C13H12Cl2N2O2S. The molecule has 0 saturated heterocycles. The number of hydrogen-bond acceptors (Lipinski definition) is 4. The lowest BCUT2D eigenvalue weighted by atomic mass is 10.3. The minimum atomic E-state index is -0.431. The van der Waals surface area contributed by atoms with Crippen LogP contribution in [-0.2, 0) is 9.53 Å². The molecule has 2 rings (SSSR count). The molecular weight excluding hydrogens is 319 g/mol. The monoisotopic (exact) mass is 330 g/mol. The average Bonchev–Trinajstić information content (AvgIpc) is 2.74. The Kier molecular flexibility index (Phi) is 5.07. The van der Waals surface area contributed by atoms with Crippen molar-refractivity contribution in [1.82, 2.24) is 0 Å². The summed E-state index contributed by atoms with van der Waals surface area (Å²) >= 11 is 13.1. The Balaban J connectivity index is 2.19. The lowest BCUT2D eigenvalue weighted by Gasteiger charge is -2.07. The molecule has 1 aromatic carbocycles. The first-order chi connectivity index (χ1) is 9.51. The largest absolute Gasteiger partial charge is 0.465 e. The molecule has 20 heavy (non-hydrogen) atoms. The van der Waals surface area contributed by atoms with Gasteiger partial charge in [-0.15, -0.1) is 0 Å². The minimum Gasteiger partial charge on any atom is -0.465 e. The first kappa shape index (κ1) is 15.4. The summed E-state index contributed by atoms with van der Waals surface area (Å²) in [6.07, 6.45) is 0. The number of carbonyl (C=O) groups excluding carboxylic acids is 1. The number of amidine groups is 1. The van der Waals surface area contributed by atoms with E-state index in [-0.39, 0.29) is 5.97 Å². The molecule has 4 nitrogen and oxygen atoms in total. The zero-order chi connectivity index (χ0) is 14.7. The third-order valence-corrected chi connectivity index (χ3v) is 4.20. The van der Waals surface area contributed by atoms with Crippen molar-refractivity contribution in [3.05, 3.63) is 28.2 Å². The predicted molar refractivity (Wildman–Crippen MR) is 84.7 cm³/mol. The van der Waals surface area contributed by atoms with Crippen LogP contribution in [0.3, 0.4) is 0 Å². The maximum absolute atomic E-state index is 11.7. The van der Waals surface area contributed by atoms with E-state index in [4.69, 9.17) is 27.9 Å². The molecule has 1 heterocycles. The molecule has 0 radical (unpaired) electrons. The van der Waals surface area contributed by atoms with Gasteiger partial charge in [0.15, 0.2) is 5.17 Å². The Bertz CT molecular complexity index is 602. The second kappa shape index (κ2) is 6.61. The topological polar surface area (TPSA) is 51.0 Å². The van der Waals surface area contributed by atoms with Gasteiger partial charge in [0.1, 0.15) is 5.25 Å². The summed E-state index contributed by atoms with van der Waals surface area (Å²) in [5.74, 6) is -0.300. The highest BCUT2D eigenvalue weighted by atomic mass is 35.5. The first-order valence-corrected chi connectivity index (χ1v) is 7.57. The van der Waals surface area contributed by atoms with E-state index in [0.29, 0.717) is 33.2 Å². The molecule has 0 spiro atoms. The standard InChI is InChI=1S/C13H12Cl2N2O2S/c1-3-19-12(18)11-7(2)16-13(20-11)17-10-5-4-8(14)6-9(10)15/h4-6,11H,3H2,1-2H3/t11-/m1/s1. The number of carbonyl (C=O) groups is 1. The molecule has 0 fully saturated rings. The summed E-state index contributed by atoms with van der Waals surface area (Å²) in [6, 6.07) is 5.02. The Morgan fingerprint density at radius 2 is 2.25 bits per heavy atom. The van der Waals surface area contributed by atoms with E-state index in [1.165, 1.54) is 11.8 Å². The lowest BCUT2D eigenvalue weighted by molar-refractivity contribution is -0.141. The van der Waals surface area contributed by atoms with Crippen LogP contribution in [0, 0.1) is 0 Å². The van der Waals surface area contributed by atoms with Crippen molar-refractivity contribution in [3.8, 4) is 0 Å². The van der Waals surface area contributed by atoms with Gasteiger partial charge in [0.05, 0.1) is 17.3 Å². The molecule has 0 amide bonds. The van der Waals surface area contributed by atoms with Gasteiger partial charge >= 0.3 is 5.97 Å². The van der Waals surface area contributed by atoms with Gasteiger partial charge in [-0.2, -0.15) is 0 Å². The van der Waals surface area contributed by atoms with E-state index < -0.39 is 5.25 Å². The zero-order valence-electron chi connectivity index (χ0n) is 10.9. The highest BCUT2D eigenvalue weighted by Gasteiger charge is 2.31. The molecule has 1 aliphatic rings. The van der Waals surface area contributed by atoms with Crippen molar-refractivity contribution in [2.75, 3.05) is 6.61 Å². The van der Waals surface area contributed by atoms with Crippen LogP contribution in [0.5, 0.6) is 0 Å². The van der Waals surface area contributed by atoms with Gasteiger partial charge < -0.3 is 4.74 Å². The summed E-state index contributed by atoms with van der Waals surface area (Å²) < 4.78 is 5.00. The fourth-order valence-corrected chi connectivity index (χ4v) is 2.99. The van der Waals surface area contributed by atoms with Gasteiger partial charge in [-0.25, -0.2) is 9.98 Å². The molecule has 0 aliphatic carbocycles. The smallest absolute Gasteiger partial charge is 0.325 e. The molecule has 1 atom stereocenters. The first-order valence-electron chi connectivity index (χ1n) is 5.93. The Morgan fingerprint density at radius 1 is 1.50 bits per heavy atom. The number of rotatable bonds is 3. The van der Waals surface area contributed by atoms with E-state index in [1.54, 1.807) is 32.0 Å². The molecule has 1 aromatic rings. The molecule has 0 aromatic heterocycles. The van der Waals surface area contributed by atoms with Crippen molar-refractivity contribution in [1.29, 1.82) is 0 Å². The zero-order valence-corrected chi connectivity index (χ0v) is 13.2. The normalized spacial score (nSPS) is 20.1. The Morgan fingerprint density at radius 3 is 2.90 bits per heavy atom. The van der Waals surface area contributed by atoms with Crippen LogP contribution in [0.2, 0.25) is 10.0 Å². The number of esters is 1.